The molecule has 0 bridgehead atoms. The number of ether oxygens (including phenoxy) is 1. The summed E-state index contributed by atoms with van der Waals surface area (Å²) in [6, 6.07) is 1.69. The third-order valence-electron chi connectivity index (χ3n) is 2.72. The van der Waals surface area contributed by atoms with E-state index in [9.17, 15) is 13.6 Å². The Balaban J connectivity index is 2.85. The molecular formula is C12H14BrF2NO2. The summed E-state index contributed by atoms with van der Waals surface area (Å²) >= 11 is 2.89. The summed E-state index contributed by atoms with van der Waals surface area (Å²) in [5.74, 6) is -2.04. The lowest BCUT2D eigenvalue weighted by molar-refractivity contribution is -0.145. The van der Waals surface area contributed by atoms with Gasteiger partial charge in [-0.15, -0.1) is 0 Å². The molecule has 2 atom stereocenters. The van der Waals surface area contributed by atoms with Gasteiger partial charge < -0.3 is 10.1 Å². The van der Waals surface area contributed by atoms with Crippen LogP contribution < -0.4 is 5.32 Å². The van der Waals surface area contributed by atoms with Gasteiger partial charge in [-0.3, -0.25) is 4.79 Å². The number of halogens is 3. The second-order valence-corrected chi connectivity index (χ2v) is 4.85. The number of hydrogen-bond acceptors (Lipinski definition) is 3. The van der Waals surface area contributed by atoms with Crippen LogP contribution in [-0.2, 0) is 9.53 Å². The fourth-order valence-electron chi connectivity index (χ4n) is 1.39. The molecule has 0 aromatic heterocycles. The van der Waals surface area contributed by atoms with Gasteiger partial charge in [0.05, 0.1) is 23.2 Å². The van der Waals surface area contributed by atoms with Gasteiger partial charge in [-0.1, -0.05) is 0 Å². The van der Waals surface area contributed by atoms with Gasteiger partial charge in [0.25, 0.3) is 0 Å². The van der Waals surface area contributed by atoms with E-state index in [2.05, 4.69) is 26.0 Å². The smallest absolute Gasteiger partial charge is 0.310 e. The van der Waals surface area contributed by atoms with Crippen molar-refractivity contribution in [2.24, 2.45) is 5.92 Å². The Labute approximate surface area is 113 Å². The number of esters is 1. The third kappa shape index (κ3) is 3.41. The van der Waals surface area contributed by atoms with Gasteiger partial charge in [-0.2, -0.15) is 0 Å². The van der Waals surface area contributed by atoms with Crippen molar-refractivity contribution >= 4 is 27.6 Å². The summed E-state index contributed by atoms with van der Waals surface area (Å²) < 4.78 is 31.5. The van der Waals surface area contributed by atoms with E-state index in [0.29, 0.717) is 0 Å². The number of carbonyl (C=O) groups excluding carboxylic acids is 1. The largest absolute Gasteiger partial charge is 0.469 e. The minimum absolute atomic E-state index is 0.0129. The Morgan fingerprint density at radius 1 is 1.33 bits per heavy atom. The average molecular weight is 322 g/mol. The zero-order chi connectivity index (χ0) is 13.9. The van der Waals surface area contributed by atoms with Crippen LogP contribution in [0, 0.1) is 17.6 Å². The van der Waals surface area contributed by atoms with Crippen LogP contribution in [0.4, 0.5) is 14.5 Å². The van der Waals surface area contributed by atoms with E-state index in [1.807, 2.05) is 0 Å². The van der Waals surface area contributed by atoms with Crippen molar-refractivity contribution < 1.29 is 18.3 Å². The summed E-state index contributed by atoms with van der Waals surface area (Å²) in [4.78, 5) is 11.3. The van der Waals surface area contributed by atoms with E-state index >= 15 is 0 Å². The molecule has 0 spiro atoms. The van der Waals surface area contributed by atoms with Crippen molar-refractivity contribution in [1.82, 2.24) is 0 Å². The van der Waals surface area contributed by atoms with Crippen LogP contribution in [0.2, 0.25) is 0 Å². The molecule has 0 saturated carbocycles. The van der Waals surface area contributed by atoms with Gasteiger partial charge in [-0.25, -0.2) is 8.78 Å². The maximum Gasteiger partial charge on any atom is 0.310 e. The average Bonchev–Trinajstić information content (AvgIpc) is 2.33. The van der Waals surface area contributed by atoms with Crippen molar-refractivity contribution in [3.05, 3.63) is 28.2 Å². The fraction of sp³-hybridized carbons (Fsp3) is 0.417. The predicted molar refractivity (Wildman–Crippen MR) is 68.3 cm³/mol. The standard InChI is InChI=1S/C12H14BrF2NO2/c1-6(12(17)18-3)7(2)16-11-5-9(14)8(13)4-10(11)15/h4-7,16H,1-3H3. The number of nitrogens with one attached hydrogen (secondary N) is 1. The number of methoxy groups -OCH3 is 1. The summed E-state index contributed by atoms with van der Waals surface area (Å²) in [6.45, 7) is 3.34. The zero-order valence-electron chi connectivity index (χ0n) is 10.3. The van der Waals surface area contributed by atoms with Crippen LogP contribution in [-0.4, -0.2) is 19.1 Å². The lowest BCUT2D eigenvalue weighted by Gasteiger charge is -2.20. The number of anilines is 1. The molecule has 3 nitrogen and oxygen atoms in total. The molecule has 6 heteroatoms. The Bertz CT molecular complexity index is 454. The molecular weight excluding hydrogens is 308 g/mol. The van der Waals surface area contributed by atoms with Gasteiger partial charge in [0.1, 0.15) is 11.6 Å². The molecule has 0 radical (unpaired) electrons. The fourth-order valence-corrected chi connectivity index (χ4v) is 1.71. The van der Waals surface area contributed by atoms with Gasteiger partial charge in [0, 0.05) is 12.1 Å². The third-order valence-corrected chi connectivity index (χ3v) is 3.32. The van der Waals surface area contributed by atoms with Crippen LogP contribution in [0.3, 0.4) is 0 Å². The second-order valence-electron chi connectivity index (χ2n) is 3.99. The van der Waals surface area contributed by atoms with E-state index in [0.717, 1.165) is 12.1 Å². The molecule has 0 fully saturated rings. The molecule has 100 valence electrons. The highest BCUT2D eigenvalue weighted by atomic mass is 79.9. The van der Waals surface area contributed by atoms with Crippen LogP contribution in [0.15, 0.2) is 16.6 Å². The summed E-state index contributed by atoms with van der Waals surface area (Å²) in [5.41, 5.74) is 0.0129. The minimum Gasteiger partial charge on any atom is -0.469 e. The highest BCUT2D eigenvalue weighted by Crippen LogP contribution is 2.24. The highest BCUT2D eigenvalue weighted by Gasteiger charge is 2.22. The lowest BCUT2D eigenvalue weighted by Crippen LogP contribution is -2.31. The Morgan fingerprint density at radius 2 is 1.94 bits per heavy atom. The molecule has 1 aromatic carbocycles. The SMILES string of the molecule is COC(=O)C(C)C(C)Nc1cc(F)c(Br)cc1F. The van der Waals surface area contributed by atoms with E-state index in [4.69, 9.17) is 0 Å². The minimum atomic E-state index is -0.591. The van der Waals surface area contributed by atoms with E-state index in [1.54, 1.807) is 13.8 Å². The number of carbonyl (C=O) groups is 1. The molecule has 0 aliphatic carbocycles. The topological polar surface area (TPSA) is 38.3 Å². The van der Waals surface area contributed by atoms with Gasteiger partial charge >= 0.3 is 5.97 Å². The molecule has 0 aliphatic rings. The maximum atomic E-state index is 13.6. The number of benzene rings is 1. The molecule has 2 unspecified atom stereocenters. The number of rotatable bonds is 4. The quantitative estimate of drug-likeness (QED) is 0.682. The van der Waals surface area contributed by atoms with Crippen LogP contribution in [0.5, 0.6) is 0 Å². The summed E-state index contributed by atoms with van der Waals surface area (Å²) in [5, 5.41) is 2.76. The summed E-state index contributed by atoms with van der Waals surface area (Å²) in [7, 11) is 1.28. The molecule has 1 N–H and O–H groups in total. The van der Waals surface area contributed by atoms with E-state index < -0.39 is 23.5 Å². The van der Waals surface area contributed by atoms with Gasteiger partial charge in [0.2, 0.25) is 0 Å². The Morgan fingerprint density at radius 3 is 2.50 bits per heavy atom. The first-order chi connectivity index (χ1) is 8.36. The molecule has 18 heavy (non-hydrogen) atoms. The normalized spacial score (nSPS) is 13.9. The molecule has 1 aromatic rings. The van der Waals surface area contributed by atoms with Crippen molar-refractivity contribution in [1.29, 1.82) is 0 Å². The van der Waals surface area contributed by atoms with Crippen LogP contribution >= 0.6 is 15.9 Å². The van der Waals surface area contributed by atoms with E-state index in [1.165, 1.54) is 7.11 Å². The van der Waals surface area contributed by atoms with E-state index in [-0.39, 0.29) is 16.2 Å². The van der Waals surface area contributed by atoms with Crippen LogP contribution in [0.1, 0.15) is 13.8 Å². The monoisotopic (exact) mass is 321 g/mol. The molecule has 0 aliphatic heterocycles. The Hall–Kier alpha value is -1.17. The van der Waals surface area contributed by atoms with Gasteiger partial charge in [0.15, 0.2) is 0 Å². The molecule has 0 saturated heterocycles. The highest BCUT2D eigenvalue weighted by molar-refractivity contribution is 9.10. The van der Waals surface area contributed by atoms with Crippen molar-refractivity contribution in [2.45, 2.75) is 19.9 Å². The maximum absolute atomic E-state index is 13.6. The first-order valence-corrected chi connectivity index (χ1v) is 6.15. The molecule has 1 rings (SSSR count). The molecule has 0 amide bonds. The number of hydrogen-bond donors (Lipinski definition) is 1. The van der Waals surface area contributed by atoms with Gasteiger partial charge in [-0.05, 0) is 35.8 Å². The predicted octanol–water partition coefficient (Wildman–Crippen LogP) is 3.34. The summed E-state index contributed by atoms with van der Waals surface area (Å²) in [6.07, 6.45) is 0. The van der Waals surface area contributed by atoms with Crippen molar-refractivity contribution in [2.75, 3.05) is 12.4 Å². The van der Waals surface area contributed by atoms with Crippen molar-refractivity contribution in [3.8, 4) is 0 Å². The zero-order valence-corrected chi connectivity index (χ0v) is 11.8. The Kier molecular flexibility index (Phi) is 5.07. The van der Waals surface area contributed by atoms with Crippen molar-refractivity contribution in [3.63, 3.8) is 0 Å². The molecule has 0 heterocycles. The first-order valence-electron chi connectivity index (χ1n) is 5.35. The van der Waals surface area contributed by atoms with Crippen LogP contribution in [0.25, 0.3) is 0 Å². The first kappa shape index (κ1) is 14.9. The lowest BCUT2D eigenvalue weighted by atomic mass is 10.0. The second kappa shape index (κ2) is 6.13.